The largest absolute Gasteiger partial charge is 0.330 e. The van der Waals surface area contributed by atoms with Gasteiger partial charge in [-0.05, 0) is 31.7 Å². The number of hydrogen-bond acceptors (Lipinski definition) is 1. The maximum atomic E-state index is 5.57. The molecule has 68 valence electrons. The molecule has 1 nitrogen and oxygen atoms in total. The van der Waals surface area contributed by atoms with Gasteiger partial charge in [0.1, 0.15) is 0 Å². The molecule has 0 saturated heterocycles. The van der Waals surface area contributed by atoms with Gasteiger partial charge in [0, 0.05) is 0 Å². The van der Waals surface area contributed by atoms with Crippen LogP contribution in [0.25, 0.3) is 0 Å². The molecule has 1 rings (SSSR count). The molecule has 0 amide bonds. The van der Waals surface area contributed by atoms with Crippen molar-refractivity contribution in [2.24, 2.45) is 11.7 Å². The Kier molecular flexibility index (Phi) is 4.09. The van der Waals surface area contributed by atoms with Crippen LogP contribution in [-0.4, -0.2) is 6.54 Å². The highest BCUT2D eigenvalue weighted by Gasteiger charge is 2.05. The second-order valence-corrected chi connectivity index (χ2v) is 3.47. The van der Waals surface area contributed by atoms with E-state index < -0.39 is 0 Å². The van der Waals surface area contributed by atoms with E-state index in [0.717, 1.165) is 13.0 Å². The standard InChI is InChI=1S/C11H19N/c1-2-3-4-10-5-7-11(9-12)8-6-10/h5-7,11H,2-4,8-9,12H2,1H3. The van der Waals surface area contributed by atoms with Crippen molar-refractivity contribution < 1.29 is 0 Å². The predicted molar refractivity (Wildman–Crippen MR) is 53.9 cm³/mol. The summed E-state index contributed by atoms with van der Waals surface area (Å²) in [6.07, 6.45) is 11.8. The number of rotatable bonds is 4. The van der Waals surface area contributed by atoms with Gasteiger partial charge in [-0.2, -0.15) is 0 Å². The Balaban J connectivity index is 2.31. The average Bonchev–Trinajstić information content (AvgIpc) is 2.15. The lowest BCUT2D eigenvalue weighted by Crippen LogP contribution is -2.12. The zero-order chi connectivity index (χ0) is 8.81. The quantitative estimate of drug-likeness (QED) is 0.681. The second kappa shape index (κ2) is 5.15. The minimum absolute atomic E-state index is 0.593. The maximum absolute atomic E-state index is 5.57. The topological polar surface area (TPSA) is 26.0 Å². The van der Waals surface area contributed by atoms with Gasteiger partial charge >= 0.3 is 0 Å². The second-order valence-electron chi connectivity index (χ2n) is 3.47. The Morgan fingerprint density at radius 3 is 2.92 bits per heavy atom. The van der Waals surface area contributed by atoms with Crippen LogP contribution in [0.15, 0.2) is 23.8 Å². The van der Waals surface area contributed by atoms with Crippen LogP contribution in [0.2, 0.25) is 0 Å². The summed E-state index contributed by atoms with van der Waals surface area (Å²) in [4.78, 5) is 0. The van der Waals surface area contributed by atoms with Crippen molar-refractivity contribution in [1.82, 2.24) is 0 Å². The van der Waals surface area contributed by atoms with Crippen molar-refractivity contribution in [3.05, 3.63) is 23.8 Å². The highest BCUT2D eigenvalue weighted by atomic mass is 14.5. The van der Waals surface area contributed by atoms with Gasteiger partial charge in [0.2, 0.25) is 0 Å². The van der Waals surface area contributed by atoms with Crippen LogP contribution in [-0.2, 0) is 0 Å². The molecule has 0 bridgehead atoms. The summed E-state index contributed by atoms with van der Waals surface area (Å²) in [6.45, 7) is 3.02. The smallest absolute Gasteiger partial charge is 0.00111 e. The minimum Gasteiger partial charge on any atom is -0.330 e. The fourth-order valence-electron chi connectivity index (χ4n) is 1.45. The molecule has 0 aromatic heterocycles. The summed E-state index contributed by atoms with van der Waals surface area (Å²) >= 11 is 0. The molecule has 2 N–H and O–H groups in total. The van der Waals surface area contributed by atoms with Crippen molar-refractivity contribution in [3.63, 3.8) is 0 Å². The first-order chi connectivity index (χ1) is 5.86. The SMILES string of the molecule is CCCCC1=CCC(CN)C=C1. The van der Waals surface area contributed by atoms with Gasteiger partial charge in [-0.15, -0.1) is 0 Å². The molecule has 0 radical (unpaired) electrons. The van der Waals surface area contributed by atoms with Gasteiger partial charge in [0.05, 0.1) is 0 Å². The molecule has 1 aliphatic rings. The molecular weight excluding hydrogens is 146 g/mol. The highest BCUT2D eigenvalue weighted by molar-refractivity contribution is 5.23. The van der Waals surface area contributed by atoms with Crippen molar-refractivity contribution in [2.75, 3.05) is 6.54 Å². The van der Waals surface area contributed by atoms with Crippen LogP contribution in [0, 0.1) is 5.92 Å². The van der Waals surface area contributed by atoms with Gasteiger partial charge in [-0.3, -0.25) is 0 Å². The fraction of sp³-hybridized carbons (Fsp3) is 0.636. The van der Waals surface area contributed by atoms with Gasteiger partial charge in [-0.1, -0.05) is 37.1 Å². The van der Waals surface area contributed by atoms with Gasteiger partial charge in [0.15, 0.2) is 0 Å². The first-order valence-corrected chi connectivity index (χ1v) is 4.94. The highest BCUT2D eigenvalue weighted by Crippen LogP contribution is 2.19. The Morgan fingerprint density at radius 2 is 2.42 bits per heavy atom. The zero-order valence-electron chi connectivity index (χ0n) is 7.92. The Morgan fingerprint density at radius 1 is 1.58 bits per heavy atom. The molecule has 0 aromatic carbocycles. The minimum atomic E-state index is 0.593. The number of hydrogen-bond donors (Lipinski definition) is 1. The molecule has 0 aromatic rings. The van der Waals surface area contributed by atoms with Crippen molar-refractivity contribution in [1.29, 1.82) is 0 Å². The van der Waals surface area contributed by atoms with Crippen LogP contribution in [0.1, 0.15) is 32.6 Å². The molecule has 0 heterocycles. The Labute approximate surface area is 75.3 Å². The fourth-order valence-corrected chi connectivity index (χ4v) is 1.45. The third-order valence-corrected chi connectivity index (χ3v) is 2.39. The number of unbranched alkanes of at least 4 members (excludes halogenated alkanes) is 1. The van der Waals surface area contributed by atoms with E-state index in [1.807, 2.05) is 0 Å². The molecule has 1 unspecified atom stereocenters. The van der Waals surface area contributed by atoms with Crippen LogP contribution in [0.4, 0.5) is 0 Å². The summed E-state index contributed by atoms with van der Waals surface area (Å²) < 4.78 is 0. The third-order valence-electron chi connectivity index (χ3n) is 2.39. The van der Waals surface area contributed by atoms with Gasteiger partial charge in [0.25, 0.3) is 0 Å². The van der Waals surface area contributed by atoms with E-state index in [9.17, 15) is 0 Å². The molecule has 1 heteroatoms. The summed E-state index contributed by atoms with van der Waals surface area (Å²) in [5, 5.41) is 0. The Hall–Kier alpha value is -0.560. The van der Waals surface area contributed by atoms with Crippen LogP contribution >= 0.6 is 0 Å². The molecule has 0 aliphatic heterocycles. The average molecular weight is 165 g/mol. The zero-order valence-corrected chi connectivity index (χ0v) is 7.92. The van der Waals surface area contributed by atoms with E-state index in [0.29, 0.717) is 5.92 Å². The van der Waals surface area contributed by atoms with E-state index in [1.165, 1.54) is 24.8 Å². The summed E-state index contributed by atoms with van der Waals surface area (Å²) in [5.74, 6) is 0.593. The molecule has 1 atom stereocenters. The molecule has 0 fully saturated rings. The number of nitrogens with two attached hydrogens (primary N) is 1. The maximum Gasteiger partial charge on any atom is -0.00111 e. The van der Waals surface area contributed by atoms with Crippen LogP contribution in [0.3, 0.4) is 0 Å². The molecular formula is C11H19N. The molecule has 0 saturated carbocycles. The lowest BCUT2D eigenvalue weighted by atomic mass is 9.94. The van der Waals surface area contributed by atoms with Crippen molar-refractivity contribution in [3.8, 4) is 0 Å². The van der Waals surface area contributed by atoms with Gasteiger partial charge in [-0.25, -0.2) is 0 Å². The van der Waals surface area contributed by atoms with E-state index in [-0.39, 0.29) is 0 Å². The van der Waals surface area contributed by atoms with Crippen molar-refractivity contribution in [2.45, 2.75) is 32.6 Å². The van der Waals surface area contributed by atoms with E-state index in [1.54, 1.807) is 0 Å². The first-order valence-electron chi connectivity index (χ1n) is 4.94. The number of allylic oxidation sites excluding steroid dienone is 3. The first kappa shape index (κ1) is 9.53. The summed E-state index contributed by atoms with van der Waals surface area (Å²) in [6, 6.07) is 0. The lowest BCUT2D eigenvalue weighted by Gasteiger charge is -2.13. The van der Waals surface area contributed by atoms with Crippen molar-refractivity contribution >= 4 is 0 Å². The predicted octanol–water partition coefficient (Wildman–Crippen LogP) is 2.64. The summed E-state index contributed by atoms with van der Waals surface area (Å²) in [7, 11) is 0. The van der Waals surface area contributed by atoms with E-state index in [4.69, 9.17) is 5.73 Å². The monoisotopic (exact) mass is 165 g/mol. The van der Waals surface area contributed by atoms with Gasteiger partial charge < -0.3 is 5.73 Å². The molecule has 0 spiro atoms. The Bertz CT molecular complexity index is 179. The normalized spacial score (nSPS) is 22.5. The van der Waals surface area contributed by atoms with Crippen LogP contribution < -0.4 is 5.73 Å². The third kappa shape index (κ3) is 2.82. The summed E-state index contributed by atoms with van der Waals surface area (Å²) in [5.41, 5.74) is 7.07. The molecule has 12 heavy (non-hydrogen) atoms. The lowest BCUT2D eigenvalue weighted by molar-refractivity contribution is 0.658. The van der Waals surface area contributed by atoms with E-state index >= 15 is 0 Å². The van der Waals surface area contributed by atoms with Crippen LogP contribution in [0.5, 0.6) is 0 Å². The van der Waals surface area contributed by atoms with E-state index in [2.05, 4.69) is 25.2 Å². The molecule has 1 aliphatic carbocycles.